The fourth-order valence-corrected chi connectivity index (χ4v) is 1.87. The number of rotatable bonds is 4. The fourth-order valence-electron chi connectivity index (χ4n) is 1.87. The average Bonchev–Trinajstić information content (AvgIpc) is 2.25. The van der Waals surface area contributed by atoms with Gasteiger partial charge < -0.3 is 10.0 Å². The molecule has 0 aliphatic rings. The van der Waals surface area contributed by atoms with Crippen LogP contribution in [0.1, 0.15) is 23.7 Å². The van der Waals surface area contributed by atoms with Crippen molar-refractivity contribution in [3.8, 4) is 0 Å². The summed E-state index contributed by atoms with van der Waals surface area (Å²) in [5.74, 6) is -4.66. The number of hydrogen-bond acceptors (Lipinski definition) is 2. The van der Waals surface area contributed by atoms with Gasteiger partial charge in [0.2, 0.25) is 0 Å². The van der Waals surface area contributed by atoms with E-state index >= 15 is 0 Å². The van der Waals surface area contributed by atoms with Crippen molar-refractivity contribution in [1.29, 1.82) is 0 Å². The predicted octanol–water partition coefficient (Wildman–Crippen LogP) is 3.44. The number of halogens is 5. The number of benzene rings is 1. The van der Waals surface area contributed by atoms with Crippen LogP contribution >= 0.6 is 0 Å². The van der Waals surface area contributed by atoms with Crippen LogP contribution in [0.3, 0.4) is 0 Å². The molecule has 112 valence electrons. The van der Waals surface area contributed by atoms with Gasteiger partial charge in [-0.1, -0.05) is 6.92 Å². The molecule has 1 aromatic carbocycles. The molecule has 0 aliphatic carbocycles. The lowest BCUT2D eigenvalue weighted by molar-refractivity contribution is -0.148. The summed E-state index contributed by atoms with van der Waals surface area (Å²) in [7, 11) is 1.04. The Morgan fingerprint density at radius 1 is 1.30 bits per heavy atom. The zero-order valence-corrected chi connectivity index (χ0v) is 10.6. The molecule has 1 N–H and O–H groups in total. The summed E-state index contributed by atoms with van der Waals surface area (Å²) < 4.78 is 65.1. The van der Waals surface area contributed by atoms with E-state index in [9.17, 15) is 26.7 Å². The Bertz CT molecular complexity index is 492. The zero-order chi connectivity index (χ0) is 15.7. The van der Waals surface area contributed by atoms with Crippen LogP contribution in [-0.2, 0) is 0 Å². The molecule has 0 radical (unpaired) electrons. The van der Waals surface area contributed by atoms with E-state index in [1.807, 2.05) is 0 Å². The summed E-state index contributed by atoms with van der Waals surface area (Å²) >= 11 is 0. The van der Waals surface area contributed by atoms with Gasteiger partial charge in [-0.2, -0.15) is 13.2 Å². The van der Waals surface area contributed by atoms with Crippen LogP contribution in [0.15, 0.2) is 12.1 Å². The molecule has 0 aromatic heterocycles. The normalized spacial score (nSPS) is 13.2. The molecule has 0 aliphatic heterocycles. The first-order valence-electron chi connectivity index (χ1n) is 5.61. The van der Waals surface area contributed by atoms with Crippen LogP contribution < -0.4 is 4.90 Å². The van der Waals surface area contributed by atoms with E-state index < -0.39 is 35.4 Å². The number of aromatic carboxylic acids is 1. The molecule has 0 heterocycles. The largest absolute Gasteiger partial charge is 0.477 e. The Balaban J connectivity index is 3.24. The summed E-state index contributed by atoms with van der Waals surface area (Å²) in [6.45, 7) is 1.28. The van der Waals surface area contributed by atoms with E-state index in [4.69, 9.17) is 5.11 Å². The maximum Gasteiger partial charge on any atom is 0.408 e. The predicted molar refractivity (Wildman–Crippen MR) is 61.9 cm³/mol. The van der Waals surface area contributed by atoms with Gasteiger partial charge in [-0.15, -0.1) is 0 Å². The van der Waals surface area contributed by atoms with Gasteiger partial charge in [0.15, 0.2) is 0 Å². The standard InChI is InChI=1S/C12H12F5NO2/c1-3-9(12(15,16)17)18(2)6-4-7(13)10(11(19)20)8(14)5-6/h4-5,9H,3H2,1-2H3,(H,19,20)/t9-/m1/s1. The quantitative estimate of drug-likeness (QED) is 0.865. The molecule has 1 atom stereocenters. The molecular weight excluding hydrogens is 285 g/mol. The second kappa shape index (κ2) is 5.64. The lowest BCUT2D eigenvalue weighted by Gasteiger charge is -2.31. The van der Waals surface area contributed by atoms with E-state index in [1.165, 1.54) is 6.92 Å². The first-order valence-corrected chi connectivity index (χ1v) is 5.61. The van der Waals surface area contributed by atoms with Crippen LogP contribution in [0.5, 0.6) is 0 Å². The van der Waals surface area contributed by atoms with Gasteiger partial charge in [0.25, 0.3) is 0 Å². The van der Waals surface area contributed by atoms with Crippen molar-refractivity contribution in [2.75, 3.05) is 11.9 Å². The van der Waals surface area contributed by atoms with Gasteiger partial charge in [0, 0.05) is 12.7 Å². The van der Waals surface area contributed by atoms with Crippen molar-refractivity contribution in [3.05, 3.63) is 29.3 Å². The monoisotopic (exact) mass is 297 g/mol. The second-order valence-electron chi connectivity index (χ2n) is 4.17. The Kier molecular flexibility index (Phi) is 4.57. The molecule has 0 spiro atoms. The number of anilines is 1. The second-order valence-corrected chi connectivity index (χ2v) is 4.17. The number of alkyl halides is 3. The van der Waals surface area contributed by atoms with Gasteiger partial charge in [0.1, 0.15) is 23.2 Å². The first kappa shape index (κ1) is 16.2. The van der Waals surface area contributed by atoms with Crippen molar-refractivity contribution < 1.29 is 31.9 Å². The molecule has 1 aromatic rings. The van der Waals surface area contributed by atoms with Crippen molar-refractivity contribution in [3.63, 3.8) is 0 Å². The highest BCUT2D eigenvalue weighted by Gasteiger charge is 2.41. The van der Waals surface area contributed by atoms with Gasteiger partial charge in [0.05, 0.1) is 0 Å². The minimum absolute atomic E-state index is 0.316. The minimum atomic E-state index is -4.57. The number of carbonyl (C=O) groups is 1. The molecule has 0 unspecified atom stereocenters. The zero-order valence-electron chi connectivity index (χ0n) is 10.6. The first-order chi connectivity index (χ1) is 9.09. The van der Waals surface area contributed by atoms with E-state index in [0.717, 1.165) is 7.05 Å². The third-order valence-corrected chi connectivity index (χ3v) is 2.88. The molecule has 0 bridgehead atoms. The summed E-state index contributed by atoms with van der Waals surface area (Å²) in [6.07, 6.45) is -4.88. The highest BCUT2D eigenvalue weighted by Crippen LogP contribution is 2.31. The van der Waals surface area contributed by atoms with E-state index in [0.29, 0.717) is 17.0 Å². The van der Waals surface area contributed by atoms with E-state index in [1.54, 1.807) is 0 Å². The highest BCUT2D eigenvalue weighted by molar-refractivity contribution is 5.88. The summed E-state index contributed by atoms with van der Waals surface area (Å²) in [6, 6.07) is -0.779. The Morgan fingerprint density at radius 3 is 2.05 bits per heavy atom. The Morgan fingerprint density at radius 2 is 1.75 bits per heavy atom. The smallest absolute Gasteiger partial charge is 0.408 e. The summed E-state index contributed by atoms with van der Waals surface area (Å²) in [4.78, 5) is 11.3. The molecule has 0 fully saturated rings. The van der Waals surface area contributed by atoms with Crippen LogP contribution in [0, 0.1) is 11.6 Å². The van der Waals surface area contributed by atoms with Crippen molar-refractivity contribution in [2.45, 2.75) is 25.6 Å². The SMILES string of the molecule is CC[C@@H](N(C)c1cc(F)c(C(=O)O)c(F)c1)C(F)(F)F. The molecule has 0 amide bonds. The molecule has 8 heteroatoms. The maximum absolute atomic E-state index is 13.5. The van der Waals surface area contributed by atoms with E-state index in [2.05, 4.69) is 0 Å². The number of carboxylic acids is 1. The third-order valence-electron chi connectivity index (χ3n) is 2.88. The molecule has 20 heavy (non-hydrogen) atoms. The fraction of sp³-hybridized carbons (Fsp3) is 0.417. The maximum atomic E-state index is 13.5. The lowest BCUT2D eigenvalue weighted by Crippen LogP contribution is -2.43. The van der Waals surface area contributed by atoms with Crippen LogP contribution in [0.25, 0.3) is 0 Å². The molecular formula is C12H12F5NO2. The van der Waals surface area contributed by atoms with Crippen LogP contribution in [-0.4, -0.2) is 30.3 Å². The van der Waals surface area contributed by atoms with Crippen molar-refractivity contribution in [1.82, 2.24) is 0 Å². The van der Waals surface area contributed by atoms with Crippen LogP contribution in [0.4, 0.5) is 27.6 Å². The Hall–Kier alpha value is -1.86. The molecule has 0 saturated heterocycles. The highest BCUT2D eigenvalue weighted by atomic mass is 19.4. The average molecular weight is 297 g/mol. The van der Waals surface area contributed by atoms with Gasteiger partial charge >= 0.3 is 12.1 Å². The topological polar surface area (TPSA) is 40.5 Å². The number of nitrogens with zero attached hydrogens (tertiary/aromatic N) is 1. The van der Waals surface area contributed by atoms with Crippen molar-refractivity contribution in [2.24, 2.45) is 0 Å². The minimum Gasteiger partial charge on any atom is -0.477 e. The van der Waals surface area contributed by atoms with Crippen LogP contribution in [0.2, 0.25) is 0 Å². The summed E-state index contributed by atoms with van der Waals surface area (Å²) in [5.41, 5.74) is -1.57. The molecule has 0 saturated carbocycles. The molecule has 3 nitrogen and oxygen atoms in total. The third kappa shape index (κ3) is 3.17. The summed E-state index contributed by atoms with van der Waals surface area (Å²) in [5, 5.41) is 8.59. The van der Waals surface area contributed by atoms with E-state index in [-0.39, 0.29) is 12.1 Å². The Labute approximate surface area is 111 Å². The molecule has 1 rings (SSSR count). The number of hydrogen-bond donors (Lipinski definition) is 1. The van der Waals surface area contributed by atoms with Gasteiger partial charge in [-0.05, 0) is 18.6 Å². The lowest BCUT2D eigenvalue weighted by atomic mass is 10.1. The number of carboxylic acid groups (broad SMARTS) is 1. The van der Waals surface area contributed by atoms with Gasteiger partial charge in [-0.3, -0.25) is 0 Å². The van der Waals surface area contributed by atoms with Crippen molar-refractivity contribution >= 4 is 11.7 Å². The van der Waals surface area contributed by atoms with Gasteiger partial charge in [-0.25, -0.2) is 13.6 Å².